The number of nitrogens with two attached hydrogens (primary N) is 1. The van der Waals surface area contributed by atoms with E-state index >= 15 is 0 Å². The van der Waals surface area contributed by atoms with Gasteiger partial charge in [-0.3, -0.25) is 4.79 Å². The van der Waals surface area contributed by atoms with Crippen LogP contribution in [-0.2, 0) is 4.79 Å². The second kappa shape index (κ2) is 5.96. The first-order valence-electron chi connectivity index (χ1n) is 6.02. The highest BCUT2D eigenvalue weighted by molar-refractivity contribution is 8.00. The Labute approximate surface area is 106 Å². The van der Waals surface area contributed by atoms with Crippen LogP contribution >= 0.6 is 11.8 Å². The third kappa shape index (κ3) is 3.66. The van der Waals surface area contributed by atoms with Gasteiger partial charge < -0.3 is 10.6 Å². The lowest BCUT2D eigenvalue weighted by molar-refractivity contribution is -0.129. The number of likely N-dealkylation sites (tertiary alicyclic amines) is 1. The molecule has 0 aliphatic carbocycles. The van der Waals surface area contributed by atoms with Crippen LogP contribution in [0.3, 0.4) is 0 Å². The Morgan fingerprint density at radius 1 is 1.18 bits per heavy atom. The van der Waals surface area contributed by atoms with E-state index < -0.39 is 0 Å². The van der Waals surface area contributed by atoms with E-state index in [0.29, 0.717) is 5.75 Å². The quantitative estimate of drug-likeness (QED) is 0.662. The monoisotopic (exact) mass is 250 g/mol. The van der Waals surface area contributed by atoms with Crippen LogP contribution in [0.1, 0.15) is 19.3 Å². The molecule has 0 spiro atoms. The summed E-state index contributed by atoms with van der Waals surface area (Å²) in [5.74, 6) is 0.788. The van der Waals surface area contributed by atoms with E-state index in [1.54, 1.807) is 11.8 Å². The van der Waals surface area contributed by atoms with Crippen LogP contribution in [-0.4, -0.2) is 29.6 Å². The molecule has 0 saturated carbocycles. The molecule has 92 valence electrons. The van der Waals surface area contributed by atoms with Crippen molar-refractivity contribution in [1.82, 2.24) is 4.90 Å². The molecule has 1 aromatic carbocycles. The van der Waals surface area contributed by atoms with Gasteiger partial charge in [0.15, 0.2) is 0 Å². The van der Waals surface area contributed by atoms with E-state index in [-0.39, 0.29) is 5.91 Å². The number of amides is 1. The van der Waals surface area contributed by atoms with Gasteiger partial charge in [0.1, 0.15) is 0 Å². The summed E-state index contributed by atoms with van der Waals surface area (Å²) in [6, 6.07) is 7.66. The fourth-order valence-corrected chi connectivity index (χ4v) is 2.74. The zero-order chi connectivity index (χ0) is 12.1. The van der Waals surface area contributed by atoms with Crippen LogP contribution in [0.25, 0.3) is 0 Å². The van der Waals surface area contributed by atoms with Gasteiger partial charge in [-0.25, -0.2) is 0 Å². The van der Waals surface area contributed by atoms with Crippen molar-refractivity contribution in [2.45, 2.75) is 24.2 Å². The highest BCUT2D eigenvalue weighted by atomic mass is 32.2. The Kier molecular flexibility index (Phi) is 4.31. The van der Waals surface area contributed by atoms with Crippen LogP contribution in [0.2, 0.25) is 0 Å². The van der Waals surface area contributed by atoms with Crippen molar-refractivity contribution in [2.75, 3.05) is 24.6 Å². The van der Waals surface area contributed by atoms with Gasteiger partial charge in [-0.05, 0) is 43.5 Å². The average molecular weight is 250 g/mol. The summed E-state index contributed by atoms with van der Waals surface area (Å²) in [6.07, 6.45) is 3.56. The number of benzene rings is 1. The fourth-order valence-electron chi connectivity index (χ4n) is 1.94. The molecule has 1 aromatic rings. The van der Waals surface area contributed by atoms with Crippen LogP contribution in [0.15, 0.2) is 29.2 Å². The Morgan fingerprint density at radius 3 is 2.47 bits per heavy atom. The summed E-state index contributed by atoms with van der Waals surface area (Å²) in [4.78, 5) is 15.0. The molecule has 1 saturated heterocycles. The number of carbonyl (C=O) groups excluding carboxylic acids is 1. The van der Waals surface area contributed by atoms with Crippen molar-refractivity contribution in [2.24, 2.45) is 0 Å². The first-order valence-corrected chi connectivity index (χ1v) is 7.00. The van der Waals surface area contributed by atoms with Gasteiger partial charge in [0.25, 0.3) is 0 Å². The number of anilines is 1. The van der Waals surface area contributed by atoms with Gasteiger partial charge in [0.2, 0.25) is 5.91 Å². The Balaban J connectivity index is 1.81. The molecule has 0 radical (unpaired) electrons. The minimum absolute atomic E-state index is 0.256. The van der Waals surface area contributed by atoms with Gasteiger partial charge in [0, 0.05) is 23.7 Å². The van der Waals surface area contributed by atoms with E-state index in [1.807, 2.05) is 29.2 Å². The third-order valence-electron chi connectivity index (χ3n) is 2.95. The van der Waals surface area contributed by atoms with Crippen LogP contribution in [0.4, 0.5) is 5.69 Å². The average Bonchev–Trinajstić information content (AvgIpc) is 2.39. The second-order valence-electron chi connectivity index (χ2n) is 4.30. The minimum atomic E-state index is 0.256. The summed E-state index contributed by atoms with van der Waals surface area (Å²) in [6.45, 7) is 1.86. The Bertz CT molecular complexity index is 372. The first-order chi connectivity index (χ1) is 8.25. The van der Waals surface area contributed by atoms with Gasteiger partial charge in [-0.2, -0.15) is 0 Å². The molecule has 2 rings (SSSR count). The molecule has 0 atom stereocenters. The molecular weight excluding hydrogens is 232 g/mol. The van der Waals surface area contributed by atoms with Crippen molar-refractivity contribution in [3.63, 3.8) is 0 Å². The lowest BCUT2D eigenvalue weighted by atomic mass is 10.1. The summed E-state index contributed by atoms with van der Waals surface area (Å²) >= 11 is 1.58. The maximum atomic E-state index is 11.9. The molecule has 1 fully saturated rings. The smallest absolute Gasteiger partial charge is 0.232 e. The highest BCUT2D eigenvalue weighted by Crippen LogP contribution is 2.20. The molecule has 1 amide bonds. The number of carbonyl (C=O) groups is 1. The van der Waals surface area contributed by atoms with Crippen molar-refractivity contribution in [1.29, 1.82) is 0 Å². The largest absolute Gasteiger partial charge is 0.399 e. The van der Waals surface area contributed by atoms with E-state index in [4.69, 9.17) is 5.73 Å². The number of nitrogen functional groups attached to an aromatic ring is 1. The van der Waals surface area contributed by atoms with Crippen LogP contribution in [0.5, 0.6) is 0 Å². The zero-order valence-corrected chi connectivity index (χ0v) is 10.7. The van der Waals surface area contributed by atoms with Crippen molar-refractivity contribution in [3.05, 3.63) is 24.3 Å². The molecule has 2 N–H and O–H groups in total. The molecule has 0 bridgehead atoms. The maximum absolute atomic E-state index is 11.9. The Hall–Kier alpha value is -1.16. The first kappa shape index (κ1) is 12.3. The molecule has 1 heterocycles. The van der Waals surface area contributed by atoms with Gasteiger partial charge in [-0.1, -0.05) is 0 Å². The molecule has 1 aliphatic heterocycles. The Morgan fingerprint density at radius 2 is 1.82 bits per heavy atom. The van der Waals surface area contributed by atoms with Crippen LogP contribution in [0, 0.1) is 0 Å². The number of thioether (sulfide) groups is 1. The summed E-state index contributed by atoms with van der Waals surface area (Å²) in [7, 11) is 0. The standard InChI is InChI=1S/C13H18N2OS/c14-11-4-6-12(7-5-11)17-10-13(16)15-8-2-1-3-9-15/h4-7H,1-3,8-10,14H2. The van der Waals surface area contributed by atoms with E-state index in [9.17, 15) is 4.79 Å². The van der Waals surface area contributed by atoms with Crippen molar-refractivity contribution in [3.8, 4) is 0 Å². The second-order valence-corrected chi connectivity index (χ2v) is 5.35. The summed E-state index contributed by atoms with van der Waals surface area (Å²) in [5, 5.41) is 0. The third-order valence-corrected chi connectivity index (χ3v) is 3.95. The molecule has 1 aliphatic rings. The lowest BCUT2D eigenvalue weighted by Gasteiger charge is -2.26. The van der Waals surface area contributed by atoms with Gasteiger partial charge >= 0.3 is 0 Å². The molecule has 4 heteroatoms. The van der Waals surface area contributed by atoms with Crippen LogP contribution < -0.4 is 5.73 Å². The minimum Gasteiger partial charge on any atom is -0.399 e. The SMILES string of the molecule is Nc1ccc(SCC(=O)N2CCCCC2)cc1. The zero-order valence-electron chi connectivity index (χ0n) is 9.89. The number of rotatable bonds is 3. The number of nitrogens with zero attached hydrogens (tertiary/aromatic N) is 1. The molecule has 0 aromatic heterocycles. The topological polar surface area (TPSA) is 46.3 Å². The number of hydrogen-bond donors (Lipinski definition) is 1. The van der Waals surface area contributed by atoms with E-state index in [1.165, 1.54) is 6.42 Å². The lowest BCUT2D eigenvalue weighted by Crippen LogP contribution is -2.36. The molecule has 0 unspecified atom stereocenters. The van der Waals surface area contributed by atoms with Gasteiger partial charge in [-0.15, -0.1) is 11.8 Å². The summed E-state index contributed by atoms with van der Waals surface area (Å²) in [5.41, 5.74) is 6.38. The maximum Gasteiger partial charge on any atom is 0.232 e. The highest BCUT2D eigenvalue weighted by Gasteiger charge is 2.16. The molecule has 3 nitrogen and oxygen atoms in total. The molecular formula is C13H18N2OS. The van der Waals surface area contributed by atoms with Crippen molar-refractivity contribution >= 4 is 23.4 Å². The van der Waals surface area contributed by atoms with E-state index in [0.717, 1.165) is 36.5 Å². The molecule has 17 heavy (non-hydrogen) atoms. The van der Waals surface area contributed by atoms with E-state index in [2.05, 4.69) is 0 Å². The predicted octanol–water partition coefficient (Wildman–Crippen LogP) is 2.37. The van der Waals surface area contributed by atoms with Crippen molar-refractivity contribution < 1.29 is 4.79 Å². The van der Waals surface area contributed by atoms with Gasteiger partial charge in [0.05, 0.1) is 5.75 Å². The number of piperidine rings is 1. The number of hydrogen-bond acceptors (Lipinski definition) is 3. The summed E-state index contributed by atoms with van der Waals surface area (Å²) < 4.78 is 0. The normalized spacial score (nSPS) is 15.9. The predicted molar refractivity (Wildman–Crippen MR) is 72.0 cm³/mol. The fraction of sp³-hybridized carbons (Fsp3) is 0.462.